The zero-order chi connectivity index (χ0) is 17.8. The third-order valence-corrected chi connectivity index (χ3v) is 9.00. The van der Waals surface area contributed by atoms with E-state index >= 15 is 0 Å². The Hall–Kier alpha value is -1.06. The highest BCUT2D eigenvalue weighted by Crippen LogP contribution is 2.66. The molecule has 4 rings (SSSR count). The molecule has 140 valence electrons. The lowest BCUT2D eigenvalue weighted by molar-refractivity contribution is -0.139. The van der Waals surface area contributed by atoms with Gasteiger partial charge in [-0.1, -0.05) is 13.8 Å². The smallest absolute Gasteiger partial charge is 0.303 e. The second-order valence-electron chi connectivity index (χ2n) is 9.83. The van der Waals surface area contributed by atoms with E-state index < -0.39 is 5.97 Å². The van der Waals surface area contributed by atoms with E-state index in [0.717, 1.165) is 37.0 Å². The fraction of sp³-hybridized carbons (Fsp3) is 0.905. The first-order valence-electron chi connectivity index (χ1n) is 10.4. The Balaban J connectivity index is 1.54. The van der Waals surface area contributed by atoms with Gasteiger partial charge in [-0.25, -0.2) is 0 Å². The average Bonchev–Trinajstić information content (AvgIpc) is 2.90. The summed E-state index contributed by atoms with van der Waals surface area (Å²) in [6.07, 6.45) is 10.3. The monoisotopic (exact) mass is 347 g/mol. The van der Waals surface area contributed by atoms with Gasteiger partial charge in [0.05, 0.1) is 0 Å². The molecular weight excluding hydrogens is 314 g/mol. The fourth-order valence-electron chi connectivity index (χ4n) is 7.58. The predicted molar refractivity (Wildman–Crippen MR) is 95.9 cm³/mol. The molecule has 0 unspecified atom stereocenters. The molecule has 1 aliphatic heterocycles. The van der Waals surface area contributed by atoms with Crippen molar-refractivity contribution in [3.8, 4) is 0 Å². The van der Waals surface area contributed by atoms with Crippen molar-refractivity contribution in [1.29, 1.82) is 0 Å². The van der Waals surface area contributed by atoms with Crippen molar-refractivity contribution < 1.29 is 14.7 Å². The molecule has 3 aliphatic carbocycles. The molecule has 1 heterocycles. The van der Waals surface area contributed by atoms with Crippen LogP contribution in [0.5, 0.6) is 0 Å². The molecule has 4 fully saturated rings. The van der Waals surface area contributed by atoms with Crippen molar-refractivity contribution in [1.82, 2.24) is 5.32 Å². The summed E-state index contributed by atoms with van der Waals surface area (Å²) in [5.41, 5.74) is 0.620. The summed E-state index contributed by atoms with van der Waals surface area (Å²) in [4.78, 5) is 22.9. The van der Waals surface area contributed by atoms with Crippen LogP contribution in [-0.2, 0) is 9.59 Å². The van der Waals surface area contributed by atoms with Crippen LogP contribution in [0.2, 0.25) is 0 Å². The van der Waals surface area contributed by atoms with Crippen molar-refractivity contribution >= 4 is 11.9 Å². The highest BCUT2D eigenvalue weighted by atomic mass is 16.4. The number of amides is 1. The molecular formula is C21H33NO3. The van der Waals surface area contributed by atoms with Crippen LogP contribution < -0.4 is 5.32 Å². The zero-order valence-corrected chi connectivity index (χ0v) is 15.7. The second-order valence-corrected chi connectivity index (χ2v) is 9.83. The number of carboxylic acid groups (broad SMARTS) is 1. The topological polar surface area (TPSA) is 66.4 Å². The van der Waals surface area contributed by atoms with Gasteiger partial charge in [-0.3, -0.25) is 9.59 Å². The van der Waals surface area contributed by atoms with E-state index in [0.29, 0.717) is 30.2 Å². The van der Waals surface area contributed by atoms with E-state index in [1.54, 1.807) is 0 Å². The Morgan fingerprint density at radius 1 is 1.08 bits per heavy atom. The standard InChI is InChI=1S/C21H33NO3/c1-20-11-9-16-14(15(20)6-3-13(20)4-8-19(24)25)5-7-17-21(16,2)12-10-18(23)22-17/h13-17H,3-12H2,1-2H3,(H,22,23)(H,24,25)/t13-,14+,15+,16+,17-,20-,21-/m1/s1. The molecule has 0 aromatic carbocycles. The van der Waals surface area contributed by atoms with E-state index in [-0.39, 0.29) is 11.3 Å². The van der Waals surface area contributed by atoms with Gasteiger partial charge in [-0.15, -0.1) is 0 Å². The van der Waals surface area contributed by atoms with Gasteiger partial charge in [0.25, 0.3) is 0 Å². The van der Waals surface area contributed by atoms with Gasteiger partial charge in [0, 0.05) is 18.9 Å². The van der Waals surface area contributed by atoms with Crippen molar-refractivity contribution in [2.45, 2.75) is 84.1 Å². The van der Waals surface area contributed by atoms with Crippen LogP contribution in [0.1, 0.15) is 78.1 Å². The Labute approximate surface area is 151 Å². The van der Waals surface area contributed by atoms with Gasteiger partial charge in [0.2, 0.25) is 5.91 Å². The molecule has 7 atom stereocenters. The third-order valence-electron chi connectivity index (χ3n) is 9.00. The summed E-state index contributed by atoms with van der Waals surface area (Å²) in [5, 5.41) is 12.4. The SMILES string of the molecule is C[C@]12CCC(=O)N[C@@H]1CC[C@@H]1[C@@H]2CC[C@]2(C)[C@@H](CCC(=O)O)CC[C@@H]12. The highest BCUT2D eigenvalue weighted by Gasteiger charge is 2.60. The Bertz CT molecular complexity index is 575. The van der Waals surface area contributed by atoms with Crippen LogP contribution in [0.4, 0.5) is 0 Å². The van der Waals surface area contributed by atoms with E-state index in [4.69, 9.17) is 5.11 Å². The lowest BCUT2D eigenvalue weighted by Gasteiger charge is -2.60. The maximum atomic E-state index is 11.9. The molecule has 2 N–H and O–H groups in total. The van der Waals surface area contributed by atoms with Crippen molar-refractivity contribution in [3.63, 3.8) is 0 Å². The zero-order valence-electron chi connectivity index (χ0n) is 15.7. The number of rotatable bonds is 3. The quantitative estimate of drug-likeness (QED) is 0.811. The minimum atomic E-state index is -0.647. The lowest BCUT2D eigenvalue weighted by atomic mass is 9.47. The second kappa shape index (κ2) is 5.99. The number of piperidine rings is 1. The number of fused-ring (bicyclic) bond motifs is 5. The molecule has 0 spiro atoms. The number of carbonyl (C=O) groups is 2. The normalized spacial score (nSPS) is 48.9. The number of nitrogens with one attached hydrogen (secondary N) is 1. The molecule has 4 heteroatoms. The van der Waals surface area contributed by atoms with E-state index in [1.807, 2.05) is 0 Å². The summed E-state index contributed by atoms with van der Waals surface area (Å²) < 4.78 is 0. The van der Waals surface area contributed by atoms with Crippen LogP contribution in [0.25, 0.3) is 0 Å². The maximum absolute atomic E-state index is 11.9. The number of carbonyl (C=O) groups excluding carboxylic acids is 1. The van der Waals surface area contributed by atoms with Crippen LogP contribution in [0, 0.1) is 34.5 Å². The molecule has 3 saturated carbocycles. The van der Waals surface area contributed by atoms with Gasteiger partial charge in [-0.2, -0.15) is 0 Å². The maximum Gasteiger partial charge on any atom is 0.303 e. The summed E-state index contributed by atoms with van der Waals surface area (Å²) in [6, 6.07) is 0.378. The van der Waals surface area contributed by atoms with E-state index in [9.17, 15) is 9.59 Å². The minimum Gasteiger partial charge on any atom is -0.481 e. The summed E-state index contributed by atoms with van der Waals surface area (Å²) in [5.74, 6) is 2.47. The molecule has 25 heavy (non-hydrogen) atoms. The molecule has 4 nitrogen and oxygen atoms in total. The van der Waals surface area contributed by atoms with Gasteiger partial charge in [0.15, 0.2) is 0 Å². The first kappa shape index (κ1) is 17.4. The average molecular weight is 347 g/mol. The van der Waals surface area contributed by atoms with Crippen LogP contribution in [0.3, 0.4) is 0 Å². The van der Waals surface area contributed by atoms with E-state index in [1.165, 1.54) is 32.1 Å². The van der Waals surface area contributed by atoms with Gasteiger partial charge < -0.3 is 10.4 Å². The number of hydrogen-bond acceptors (Lipinski definition) is 2. The van der Waals surface area contributed by atoms with Crippen molar-refractivity contribution in [2.75, 3.05) is 0 Å². The number of carboxylic acids is 1. The predicted octanol–water partition coefficient (Wildman–Crippen LogP) is 3.99. The molecule has 0 bridgehead atoms. The summed E-state index contributed by atoms with van der Waals surface area (Å²) in [7, 11) is 0. The summed E-state index contributed by atoms with van der Waals surface area (Å²) in [6.45, 7) is 4.90. The van der Waals surface area contributed by atoms with Crippen LogP contribution >= 0.6 is 0 Å². The van der Waals surface area contributed by atoms with E-state index in [2.05, 4.69) is 19.2 Å². The van der Waals surface area contributed by atoms with Crippen molar-refractivity contribution in [2.24, 2.45) is 34.5 Å². The van der Waals surface area contributed by atoms with Gasteiger partial charge >= 0.3 is 5.97 Å². The molecule has 4 aliphatic rings. The third kappa shape index (κ3) is 2.62. The molecule has 0 radical (unpaired) electrons. The van der Waals surface area contributed by atoms with Gasteiger partial charge in [-0.05, 0) is 85.9 Å². The minimum absolute atomic E-state index is 0.246. The van der Waals surface area contributed by atoms with Crippen LogP contribution in [0.15, 0.2) is 0 Å². The van der Waals surface area contributed by atoms with Crippen LogP contribution in [-0.4, -0.2) is 23.0 Å². The lowest BCUT2D eigenvalue weighted by Crippen LogP contribution is -2.61. The Morgan fingerprint density at radius 2 is 1.84 bits per heavy atom. The Morgan fingerprint density at radius 3 is 2.60 bits per heavy atom. The molecule has 0 aromatic heterocycles. The largest absolute Gasteiger partial charge is 0.481 e. The van der Waals surface area contributed by atoms with Crippen molar-refractivity contribution in [3.05, 3.63) is 0 Å². The first-order valence-corrected chi connectivity index (χ1v) is 10.4. The summed E-state index contributed by atoms with van der Waals surface area (Å²) >= 11 is 0. The number of aliphatic carboxylic acids is 1. The Kier molecular flexibility index (Phi) is 4.16. The molecule has 1 amide bonds. The highest BCUT2D eigenvalue weighted by molar-refractivity contribution is 5.77. The van der Waals surface area contributed by atoms with Gasteiger partial charge in [0.1, 0.15) is 0 Å². The fourth-order valence-corrected chi connectivity index (χ4v) is 7.58. The molecule has 0 aromatic rings. The number of hydrogen-bond donors (Lipinski definition) is 2. The molecule has 1 saturated heterocycles. The first-order chi connectivity index (χ1) is 11.8.